The Balaban J connectivity index is 1.62. The van der Waals surface area contributed by atoms with Crippen LogP contribution in [0.25, 0.3) is 0 Å². The minimum Gasteiger partial charge on any atom is -0.493 e. The summed E-state index contributed by atoms with van der Waals surface area (Å²) in [6.07, 6.45) is 1.37. The molecule has 0 bridgehead atoms. The van der Waals surface area contributed by atoms with Gasteiger partial charge in [0.25, 0.3) is 0 Å². The maximum Gasteiger partial charge on any atom is 0.337 e. The molecule has 2 unspecified atom stereocenters. The van der Waals surface area contributed by atoms with Gasteiger partial charge in [-0.05, 0) is 48.2 Å². The topological polar surface area (TPSA) is 55.8 Å². The number of hydrogen-bond acceptors (Lipinski definition) is 4. The molecule has 2 atom stereocenters. The van der Waals surface area contributed by atoms with E-state index in [1.807, 2.05) is 18.2 Å². The van der Waals surface area contributed by atoms with Crippen LogP contribution in [0.4, 0.5) is 0 Å². The lowest BCUT2D eigenvalue weighted by Crippen LogP contribution is -2.25. The quantitative estimate of drug-likeness (QED) is 0.881. The molecule has 0 fully saturated rings. The average Bonchev–Trinajstić information content (AvgIpc) is 2.61. The Kier molecular flexibility index (Phi) is 4.63. The van der Waals surface area contributed by atoms with E-state index in [1.165, 1.54) is 12.7 Å². The van der Waals surface area contributed by atoms with E-state index < -0.39 is 6.10 Å². The first-order valence-corrected chi connectivity index (χ1v) is 7.76. The number of aryl methyl sites for hydroxylation is 1. The predicted octanol–water partition coefficient (Wildman–Crippen LogP) is 3.15. The molecule has 4 heteroatoms. The van der Waals surface area contributed by atoms with E-state index in [2.05, 4.69) is 10.8 Å². The number of carbonyl (C=O) groups excluding carboxylic acids is 1. The van der Waals surface area contributed by atoms with Crippen molar-refractivity contribution >= 4 is 5.97 Å². The van der Waals surface area contributed by atoms with Crippen molar-refractivity contribution < 1.29 is 19.4 Å². The Morgan fingerprint density at radius 3 is 2.65 bits per heavy atom. The Morgan fingerprint density at radius 2 is 1.91 bits per heavy atom. The number of aliphatic hydroxyl groups excluding tert-OH is 1. The minimum atomic E-state index is -0.491. The lowest BCUT2D eigenvalue weighted by Gasteiger charge is -2.29. The van der Waals surface area contributed by atoms with Crippen LogP contribution in [0.1, 0.15) is 34.0 Å². The number of carbonyl (C=O) groups is 1. The summed E-state index contributed by atoms with van der Waals surface area (Å²) >= 11 is 0. The van der Waals surface area contributed by atoms with Crippen molar-refractivity contribution in [3.8, 4) is 5.75 Å². The van der Waals surface area contributed by atoms with E-state index in [-0.39, 0.29) is 11.9 Å². The van der Waals surface area contributed by atoms with Crippen molar-refractivity contribution in [3.63, 3.8) is 0 Å². The molecule has 2 aromatic rings. The molecule has 0 saturated carbocycles. The second kappa shape index (κ2) is 6.84. The Labute approximate surface area is 135 Å². The summed E-state index contributed by atoms with van der Waals surface area (Å²) < 4.78 is 10.5. The van der Waals surface area contributed by atoms with E-state index in [9.17, 15) is 9.90 Å². The van der Waals surface area contributed by atoms with Crippen LogP contribution in [-0.2, 0) is 11.2 Å². The first-order valence-electron chi connectivity index (χ1n) is 7.76. The highest BCUT2D eigenvalue weighted by atomic mass is 16.5. The maximum absolute atomic E-state index is 11.4. The molecule has 0 aromatic heterocycles. The third-order valence-electron chi connectivity index (χ3n) is 4.34. The molecule has 0 aliphatic heterocycles. The molecule has 0 radical (unpaired) electrons. The summed E-state index contributed by atoms with van der Waals surface area (Å²) in [7, 11) is 1.36. The van der Waals surface area contributed by atoms with Crippen molar-refractivity contribution in [2.75, 3.05) is 13.7 Å². The zero-order valence-electron chi connectivity index (χ0n) is 13.1. The SMILES string of the molecule is COC(=O)c1ccc(OCC2CCc3ccccc3C2O)cc1. The van der Waals surface area contributed by atoms with Gasteiger partial charge in [-0.15, -0.1) is 0 Å². The lowest BCUT2D eigenvalue weighted by molar-refractivity contribution is 0.0600. The van der Waals surface area contributed by atoms with Crippen molar-refractivity contribution in [2.24, 2.45) is 5.92 Å². The van der Waals surface area contributed by atoms with Crippen molar-refractivity contribution in [3.05, 3.63) is 65.2 Å². The number of hydrogen-bond donors (Lipinski definition) is 1. The lowest BCUT2D eigenvalue weighted by atomic mass is 9.82. The van der Waals surface area contributed by atoms with Gasteiger partial charge in [-0.25, -0.2) is 4.79 Å². The van der Waals surface area contributed by atoms with E-state index in [0.717, 1.165) is 18.4 Å². The number of fused-ring (bicyclic) bond motifs is 1. The summed E-state index contributed by atoms with van der Waals surface area (Å²) in [5, 5.41) is 10.5. The summed E-state index contributed by atoms with van der Waals surface area (Å²) in [5.41, 5.74) is 2.72. The zero-order valence-corrected chi connectivity index (χ0v) is 13.1. The smallest absolute Gasteiger partial charge is 0.337 e. The molecule has 0 heterocycles. The van der Waals surface area contributed by atoms with Gasteiger partial charge in [-0.2, -0.15) is 0 Å². The summed E-state index contributed by atoms with van der Waals surface area (Å²) in [5.74, 6) is 0.393. The number of ether oxygens (including phenoxy) is 2. The van der Waals surface area contributed by atoms with Gasteiger partial charge < -0.3 is 14.6 Å². The number of aliphatic hydroxyl groups is 1. The van der Waals surface area contributed by atoms with Gasteiger partial charge in [0.1, 0.15) is 5.75 Å². The highest BCUT2D eigenvalue weighted by Crippen LogP contribution is 2.34. The molecule has 2 aromatic carbocycles. The van der Waals surface area contributed by atoms with Gasteiger partial charge in [0.05, 0.1) is 25.4 Å². The summed E-state index contributed by atoms with van der Waals surface area (Å²) in [6.45, 7) is 0.451. The Bertz CT molecular complexity index is 678. The second-order valence-electron chi connectivity index (χ2n) is 5.77. The van der Waals surface area contributed by atoms with Crippen LogP contribution >= 0.6 is 0 Å². The van der Waals surface area contributed by atoms with Crippen molar-refractivity contribution in [2.45, 2.75) is 18.9 Å². The van der Waals surface area contributed by atoms with Crippen LogP contribution in [0.2, 0.25) is 0 Å². The van der Waals surface area contributed by atoms with Crippen LogP contribution in [0.15, 0.2) is 48.5 Å². The van der Waals surface area contributed by atoms with E-state index in [1.54, 1.807) is 24.3 Å². The van der Waals surface area contributed by atoms with Crippen LogP contribution in [0.5, 0.6) is 5.75 Å². The number of benzene rings is 2. The number of methoxy groups -OCH3 is 1. The van der Waals surface area contributed by atoms with E-state index in [0.29, 0.717) is 17.9 Å². The molecular formula is C19H20O4. The van der Waals surface area contributed by atoms with Gasteiger partial charge in [0.15, 0.2) is 0 Å². The first-order chi connectivity index (χ1) is 11.2. The predicted molar refractivity (Wildman–Crippen MR) is 86.5 cm³/mol. The highest BCUT2D eigenvalue weighted by molar-refractivity contribution is 5.89. The molecule has 4 nitrogen and oxygen atoms in total. The minimum absolute atomic E-state index is 0.0742. The van der Waals surface area contributed by atoms with Crippen molar-refractivity contribution in [1.82, 2.24) is 0 Å². The molecule has 1 aliphatic carbocycles. The standard InChI is InChI=1S/C19H20O4/c1-22-19(21)14-8-10-16(11-9-14)23-12-15-7-6-13-4-2-3-5-17(13)18(15)20/h2-5,8-11,15,18,20H,6-7,12H2,1H3. The normalized spacial score (nSPS) is 19.7. The molecule has 0 spiro atoms. The fourth-order valence-electron chi connectivity index (χ4n) is 2.99. The maximum atomic E-state index is 11.4. The van der Waals surface area contributed by atoms with Gasteiger partial charge >= 0.3 is 5.97 Å². The molecule has 0 saturated heterocycles. The number of rotatable bonds is 4. The average molecular weight is 312 g/mol. The van der Waals surface area contributed by atoms with Crippen LogP contribution in [0, 0.1) is 5.92 Å². The highest BCUT2D eigenvalue weighted by Gasteiger charge is 2.28. The molecule has 0 amide bonds. The molecule has 1 aliphatic rings. The first kappa shape index (κ1) is 15.6. The third kappa shape index (κ3) is 3.37. The zero-order chi connectivity index (χ0) is 16.2. The van der Waals surface area contributed by atoms with E-state index >= 15 is 0 Å². The van der Waals surface area contributed by atoms with Gasteiger partial charge in [-0.3, -0.25) is 0 Å². The van der Waals surface area contributed by atoms with Crippen LogP contribution in [-0.4, -0.2) is 24.8 Å². The van der Waals surface area contributed by atoms with Gasteiger partial charge in [-0.1, -0.05) is 24.3 Å². The van der Waals surface area contributed by atoms with Gasteiger partial charge in [0.2, 0.25) is 0 Å². The van der Waals surface area contributed by atoms with Crippen LogP contribution in [0.3, 0.4) is 0 Å². The second-order valence-corrected chi connectivity index (χ2v) is 5.77. The molecule has 3 rings (SSSR count). The monoisotopic (exact) mass is 312 g/mol. The van der Waals surface area contributed by atoms with E-state index in [4.69, 9.17) is 4.74 Å². The molecule has 120 valence electrons. The fourth-order valence-corrected chi connectivity index (χ4v) is 2.99. The van der Waals surface area contributed by atoms with Crippen molar-refractivity contribution in [1.29, 1.82) is 0 Å². The largest absolute Gasteiger partial charge is 0.493 e. The van der Waals surface area contributed by atoms with Gasteiger partial charge in [0, 0.05) is 5.92 Å². The summed E-state index contributed by atoms with van der Waals surface area (Å²) in [6, 6.07) is 14.9. The fraction of sp³-hybridized carbons (Fsp3) is 0.316. The summed E-state index contributed by atoms with van der Waals surface area (Å²) in [4.78, 5) is 11.4. The molecule has 1 N–H and O–H groups in total. The Morgan fingerprint density at radius 1 is 1.17 bits per heavy atom. The molecule has 23 heavy (non-hydrogen) atoms. The molecular weight excluding hydrogens is 292 g/mol. The van der Waals surface area contributed by atoms with Crippen LogP contribution < -0.4 is 4.74 Å². The number of esters is 1. The third-order valence-corrected chi connectivity index (χ3v) is 4.34. The Hall–Kier alpha value is -2.33.